The van der Waals surface area contributed by atoms with Crippen LogP contribution in [-0.2, 0) is 12.5 Å². The summed E-state index contributed by atoms with van der Waals surface area (Å²) < 4.78 is 3.66. The van der Waals surface area contributed by atoms with Crippen molar-refractivity contribution in [3.8, 4) is 27.8 Å². The SMILES string of the molecule is Cn1c(=O)c2c(-c3ccc(C(C)(C)C)cc3)c(C#N)c(-c3cccs3)n2c2ccccc21. The molecular weight excluding hydrogens is 414 g/mol. The minimum atomic E-state index is -0.113. The first-order valence-corrected chi connectivity index (χ1v) is 11.4. The van der Waals surface area contributed by atoms with Gasteiger partial charge in [-0.25, -0.2) is 0 Å². The Bertz CT molecular complexity index is 1570. The maximum atomic E-state index is 13.6. The zero-order valence-corrected chi connectivity index (χ0v) is 19.3. The van der Waals surface area contributed by atoms with Gasteiger partial charge in [-0.1, -0.05) is 63.2 Å². The monoisotopic (exact) mass is 437 g/mol. The van der Waals surface area contributed by atoms with Crippen LogP contribution in [0.25, 0.3) is 38.2 Å². The number of aromatic nitrogens is 2. The molecule has 0 saturated heterocycles. The van der Waals surface area contributed by atoms with Crippen LogP contribution in [0.2, 0.25) is 0 Å². The Kier molecular flexibility index (Phi) is 4.58. The van der Waals surface area contributed by atoms with E-state index in [-0.39, 0.29) is 11.0 Å². The van der Waals surface area contributed by atoms with Gasteiger partial charge in [0.1, 0.15) is 11.6 Å². The average molecular weight is 438 g/mol. The van der Waals surface area contributed by atoms with Crippen LogP contribution in [0.3, 0.4) is 0 Å². The van der Waals surface area contributed by atoms with E-state index in [1.54, 1.807) is 23.0 Å². The van der Waals surface area contributed by atoms with Crippen molar-refractivity contribution in [1.29, 1.82) is 5.26 Å². The molecule has 0 amide bonds. The Balaban J connectivity index is 1.99. The van der Waals surface area contributed by atoms with Crippen molar-refractivity contribution in [1.82, 2.24) is 8.97 Å². The summed E-state index contributed by atoms with van der Waals surface area (Å²) in [7, 11) is 1.79. The summed E-state index contributed by atoms with van der Waals surface area (Å²) >= 11 is 1.57. The number of hydrogen-bond acceptors (Lipinski definition) is 3. The highest BCUT2D eigenvalue weighted by molar-refractivity contribution is 7.13. The minimum Gasteiger partial charge on any atom is -0.308 e. The van der Waals surface area contributed by atoms with Gasteiger partial charge in [0.2, 0.25) is 0 Å². The van der Waals surface area contributed by atoms with Gasteiger partial charge >= 0.3 is 0 Å². The topological polar surface area (TPSA) is 50.2 Å². The average Bonchev–Trinajstić information content (AvgIpc) is 3.42. The van der Waals surface area contributed by atoms with Crippen molar-refractivity contribution in [2.75, 3.05) is 0 Å². The summed E-state index contributed by atoms with van der Waals surface area (Å²) in [6.07, 6.45) is 0. The number of hydrogen-bond donors (Lipinski definition) is 0. The van der Waals surface area contributed by atoms with E-state index in [0.717, 1.165) is 27.2 Å². The highest BCUT2D eigenvalue weighted by atomic mass is 32.1. The van der Waals surface area contributed by atoms with Crippen molar-refractivity contribution >= 4 is 27.9 Å². The molecule has 0 saturated carbocycles. The molecule has 5 rings (SSSR count). The standard InChI is InChI=1S/C27H23N3OS/c1-27(2,3)18-13-11-17(12-14-18)23-19(16-28)24(22-10-7-15-32-22)30-21-9-6-5-8-20(21)29(4)26(31)25(23)30/h5-15H,1-4H3. The van der Waals surface area contributed by atoms with Crippen molar-refractivity contribution in [2.24, 2.45) is 7.05 Å². The maximum Gasteiger partial charge on any atom is 0.275 e. The second-order valence-electron chi connectivity index (χ2n) is 9.05. The van der Waals surface area contributed by atoms with E-state index in [1.807, 2.05) is 58.3 Å². The quantitative estimate of drug-likeness (QED) is 0.323. The summed E-state index contributed by atoms with van der Waals surface area (Å²) in [6.45, 7) is 6.52. The van der Waals surface area contributed by atoms with Gasteiger partial charge in [-0.15, -0.1) is 11.3 Å². The Hall–Kier alpha value is -3.62. The third-order valence-corrected chi connectivity index (χ3v) is 6.94. The maximum absolute atomic E-state index is 13.6. The minimum absolute atomic E-state index is 0.0217. The smallest absolute Gasteiger partial charge is 0.275 e. The molecule has 0 N–H and O–H groups in total. The predicted octanol–water partition coefficient (Wildman–Crippen LogP) is 6.36. The van der Waals surface area contributed by atoms with Crippen molar-refractivity contribution in [3.63, 3.8) is 0 Å². The Labute approximate surface area is 190 Å². The van der Waals surface area contributed by atoms with Gasteiger partial charge in [0.05, 0.1) is 27.2 Å². The molecule has 0 atom stereocenters. The van der Waals surface area contributed by atoms with E-state index in [0.29, 0.717) is 16.6 Å². The first-order chi connectivity index (χ1) is 15.3. The van der Waals surface area contributed by atoms with Gasteiger partial charge in [-0.05, 0) is 40.1 Å². The molecule has 5 aromatic rings. The van der Waals surface area contributed by atoms with Crippen LogP contribution >= 0.6 is 11.3 Å². The van der Waals surface area contributed by atoms with Crippen LogP contribution in [0.5, 0.6) is 0 Å². The van der Waals surface area contributed by atoms with E-state index in [2.05, 4.69) is 39.0 Å². The number of thiophene rings is 1. The van der Waals surface area contributed by atoms with Crippen LogP contribution in [0.4, 0.5) is 0 Å². The van der Waals surface area contributed by atoms with Crippen molar-refractivity contribution < 1.29 is 0 Å². The molecule has 5 heteroatoms. The highest BCUT2D eigenvalue weighted by Crippen LogP contribution is 2.40. The fourth-order valence-electron chi connectivity index (χ4n) is 4.39. The van der Waals surface area contributed by atoms with E-state index < -0.39 is 0 Å². The normalized spacial score (nSPS) is 11.8. The zero-order valence-electron chi connectivity index (χ0n) is 18.5. The Morgan fingerprint density at radius 3 is 2.22 bits per heavy atom. The molecule has 0 fully saturated rings. The molecule has 0 aliphatic carbocycles. The molecule has 3 aromatic heterocycles. The lowest BCUT2D eigenvalue weighted by molar-refractivity contribution is 0.590. The summed E-state index contributed by atoms with van der Waals surface area (Å²) in [5.41, 5.74) is 6.27. The molecule has 0 radical (unpaired) electrons. The van der Waals surface area contributed by atoms with Crippen molar-refractivity contribution in [2.45, 2.75) is 26.2 Å². The summed E-state index contributed by atoms with van der Waals surface area (Å²) in [4.78, 5) is 14.6. The van der Waals surface area contributed by atoms with Crippen LogP contribution in [-0.4, -0.2) is 8.97 Å². The number of nitrogens with zero attached hydrogens (tertiary/aromatic N) is 3. The third kappa shape index (κ3) is 2.91. The molecule has 32 heavy (non-hydrogen) atoms. The molecule has 0 aliphatic rings. The van der Waals surface area contributed by atoms with Gasteiger partial charge in [0.15, 0.2) is 0 Å². The van der Waals surface area contributed by atoms with Gasteiger partial charge in [0.25, 0.3) is 5.56 Å². The van der Waals surface area contributed by atoms with Crippen LogP contribution in [0.1, 0.15) is 31.9 Å². The highest BCUT2D eigenvalue weighted by Gasteiger charge is 2.26. The summed E-state index contributed by atoms with van der Waals surface area (Å²) in [6, 6.07) is 22.5. The first-order valence-electron chi connectivity index (χ1n) is 10.5. The van der Waals surface area contributed by atoms with Crippen LogP contribution in [0, 0.1) is 11.3 Å². The summed E-state index contributed by atoms with van der Waals surface area (Å²) in [5.74, 6) is 0. The van der Waals surface area contributed by atoms with Crippen LogP contribution in [0.15, 0.2) is 70.8 Å². The number of nitriles is 1. The number of rotatable bonds is 2. The number of benzene rings is 2. The van der Waals surface area contributed by atoms with Gasteiger partial charge in [-0.3, -0.25) is 4.79 Å². The lowest BCUT2D eigenvalue weighted by Crippen LogP contribution is -2.20. The van der Waals surface area contributed by atoms with Gasteiger partial charge < -0.3 is 8.97 Å². The van der Waals surface area contributed by atoms with Crippen molar-refractivity contribution in [3.05, 3.63) is 87.5 Å². The van der Waals surface area contributed by atoms with Crippen LogP contribution < -0.4 is 5.56 Å². The zero-order chi connectivity index (χ0) is 22.6. The molecule has 0 unspecified atom stereocenters. The second kappa shape index (κ2) is 7.22. The second-order valence-corrected chi connectivity index (χ2v) is 10.00. The molecule has 0 bridgehead atoms. The summed E-state index contributed by atoms with van der Waals surface area (Å²) in [5, 5.41) is 12.3. The first kappa shape index (κ1) is 20.3. The molecule has 3 heterocycles. The Morgan fingerprint density at radius 2 is 1.62 bits per heavy atom. The van der Waals surface area contributed by atoms with E-state index in [1.165, 1.54) is 5.56 Å². The van der Waals surface area contributed by atoms with E-state index >= 15 is 0 Å². The molecule has 2 aromatic carbocycles. The fraction of sp³-hybridized carbons (Fsp3) is 0.185. The van der Waals surface area contributed by atoms with Gasteiger partial charge in [-0.2, -0.15) is 5.26 Å². The number of para-hydroxylation sites is 2. The molecule has 0 spiro atoms. The lowest BCUT2D eigenvalue weighted by atomic mass is 9.86. The lowest BCUT2D eigenvalue weighted by Gasteiger charge is -2.19. The molecule has 4 nitrogen and oxygen atoms in total. The molecular formula is C27H23N3OS. The Morgan fingerprint density at radius 1 is 0.938 bits per heavy atom. The fourth-order valence-corrected chi connectivity index (χ4v) is 5.16. The van der Waals surface area contributed by atoms with Gasteiger partial charge in [0, 0.05) is 12.6 Å². The largest absolute Gasteiger partial charge is 0.308 e. The number of aryl methyl sites for hydroxylation is 1. The predicted molar refractivity (Wildman–Crippen MR) is 132 cm³/mol. The molecule has 158 valence electrons. The molecule has 0 aliphatic heterocycles. The third-order valence-electron chi connectivity index (χ3n) is 6.07. The van der Waals surface area contributed by atoms with E-state index in [9.17, 15) is 10.1 Å². The van der Waals surface area contributed by atoms with E-state index in [4.69, 9.17) is 0 Å². The number of fused-ring (bicyclic) bond motifs is 3.